The van der Waals surface area contributed by atoms with Gasteiger partial charge in [0.05, 0.1) is 5.56 Å². The number of hydrogen-bond donors (Lipinski definition) is 1. The molecule has 1 aliphatic carbocycles. The minimum atomic E-state index is -0.826. The number of para-hydroxylation sites is 1. The summed E-state index contributed by atoms with van der Waals surface area (Å²) in [7, 11) is 0. The lowest BCUT2D eigenvalue weighted by atomic mass is 9.82. The summed E-state index contributed by atoms with van der Waals surface area (Å²) in [6, 6.07) is 18.4. The summed E-state index contributed by atoms with van der Waals surface area (Å²) < 4.78 is 5.29. The van der Waals surface area contributed by atoms with Crippen LogP contribution in [-0.2, 0) is 4.74 Å². The second kappa shape index (κ2) is 7.42. The van der Waals surface area contributed by atoms with Crippen LogP contribution in [0.3, 0.4) is 0 Å². The maximum absolute atomic E-state index is 13.1. The molecule has 0 spiro atoms. The van der Waals surface area contributed by atoms with Gasteiger partial charge in [-0.2, -0.15) is 0 Å². The maximum atomic E-state index is 13.1. The van der Waals surface area contributed by atoms with Crippen molar-refractivity contribution < 1.29 is 23.9 Å². The van der Waals surface area contributed by atoms with Crippen molar-refractivity contribution in [2.24, 2.45) is 0 Å². The lowest BCUT2D eigenvalue weighted by Crippen LogP contribution is -2.25. The fourth-order valence-electron chi connectivity index (χ4n) is 4.23. The van der Waals surface area contributed by atoms with E-state index in [1.807, 2.05) is 24.3 Å². The van der Waals surface area contributed by atoms with Gasteiger partial charge in [0.25, 0.3) is 0 Å². The molecule has 3 aromatic carbocycles. The van der Waals surface area contributed by atoms with E-state index in [4.69, 9.17) is 4.74 Å². The van der Waals surface area contributed by atoms with Crippen molar-refractivity contribution in [3.63, 3.8) is 0 Å². The number of hydrogen-bond acceptors (Lipinski definition) is 5. The first-order valence-corrected chi connectivity index (χ1v) is 10.1. The number of benzene rings is 3. The number of carbonyl (C=O) groups is 4. The zero-order valence-corrected chi connectivity index (χ0v) is 17.1. The molecule has 0 amide bonds. The topological polar surface area (TPSA) is 93.3 Å². The Morgan fingerprint density at radius 2 is 1.47 bits per heavy atom. The Balaban J connectivity index is 1.44. The summed E-state index contributed by atoms with van der Waals surface area (Å²) in [6.45, 7) is 1.30. The van der Waals surface area contributed by atoms with Crippen LogP contribution in [0.4, 0.5) is 0 Å². The number of H-pyrrole nitrogens is 1. The third-order valence-corrected chi connectivity index (χ3v) is 5.68. The van der Waals surface area contributed by atoms with Crippen LogP contribution < -0.4 is 0 Å². The quantitative estimate of drug-likeness (QED) is 0.344. The Morgan fingerprint density at radius 3 is 2.25 bits per heavy atom. The molecule has 6 nitrogen and oxygen atoms in total. The SMILES string of the molecule is Cc1[nH]c2ccccc2c1C(=O)COC(=O)c1cccc2c1C(=O)c1ccccc1C2=O. The molecule has 1 aromatic heterocycles. The van der Waals surface area contributed by atoms with Crippen LogP contribution in [0.15, 0.2) is 66.7 Å². The van der Waals surface area contributed by atoms with E-state index in [-0.39, 0.29) is 33.8 Å². The number of carbonyl (C=O) groups excluding carboxylic acids is 4. The molecule has 0 unspecified atom stereocenters. The lowest BCUT2D eigenvalue weighted by Gasteiger charge is -2.19. The summed E-state index contributed by atoms with van der Waals surface area (Å²) in [4.78, 5) is 54.7. The highest BCUT2D eigenvalue weighted by molar-refractivity contribution is 6.30. The van der Waals surface area contributed by atoms with E-state index < -0.39 is 18.4 Å². The average Bonchev–Trinajstić information content (AvgIpc) is 3.16. The molecule has 0 radical (unpaired) electrons. The molecule has 5 rings (SSSR count). The number of aromatic nitrogens is 1. The number of aromatic amines is 1. The maximum Gasteiger partial charge on any atom is 0.339 e. The lowest BCUT2D eigenvalue weighted by molar-refractivity contribution is 0.0473. The molecule has 0 saturated heterocycles. The molecule has 32 heavy (non-hydrogen) atoms. The molecule has 0 aliphatic heterocycles. The molecule has 1 aliphatic rings. The number of ketones is 3. The summed E-state index contributed by atoms with van der Waals surface area (Å²) in [5.74, 6) is -1.92. The van der Waals surface area contributed by atoms with Crippen molar-refractivity contribution in [2.75, 3.05) is 6.61 Å². The number of ether oxygens (including phenoxy) is 1. The second-order valence-electron chi connectivity index (χ2n) is 7.60. The molecule has 4 aromatic rings. The van der Waals surface area contributed by atoms with Crippen LogP contribution in [0, 0.1) is 6.92 Å². The molecule has 0 saturated carbocycles. The standard InChI is InChI=1S/C26H17NO5/c1-14-22(17-9-4-5-12-20(17)27-14)21(28)13-32-26(31)19-11-6-10-18-23(19)25(30)16-8-3-2-7-15(16)24(18)29/h2-12,27H,13H2,1H3. The van der Waals surface area contributed by atoms with Crippen LogP contribution in [0.2, 0.25) is 0 Å². The Morgan fingerprint density at radius 1 is 0.812 bits per heavy atom. The molecular weight excluding hydrogens is 406 g/mol. The predicted octanol–water partition coefficient (Wildman–Crippen LogP) is 4.29. The predicted molar refractivity (Wildman–Crippen MR) is 117 cm³/mol. The molecule has 1 heterocycles. The molecular formula is C26H17NO5. The molecule has 0 fully saturated rings. The van der Waals surface area contributed by atoms with Gasteiger partial charge >= 0.3 is 5.97 Å². The van der Waals surface area contributed by atoms with Crippen molar-refractivity contribution in [3.8, 4) is 0 Å². The molecule has 0 atom stereocenters. The molecule has 156 valence electrons. The van der Waals surface area contributed by atoms with Crippen molar-refractivity contribution >= 4 is 34.2 Å². The van der Waals surface area contributed by atoms with Gasteiger partial charge in [-0.25, -0.2) is 4.79 Å². The Hall–Kier alpha value is -4.32. The zero-order valence-electron chi connectivity index (χ0n) is 17.1. The first-order chi connectivity index (χ1) is 15.5. The summed E-state index contributed by atoms with van der Waals surface area (Å²) >= 11 is 0. The summed E-state index contributed by atoms with van der Waals surface area (Å²) in [6.07, 6.45) is 0. The zero-order chi connectivity index (χ0) is 22.4. The first kappa shape index (κ1) is 19.6. The van der Waals surface area contributed by atoms with E-state index in [0.717, 1.165) is 10.9 Å². The van der Waals surface area contributed by atoms with Gasteiger partial charge < -0.3 is 9.72 Å². The van der Waals surface area contributed by atoms with E-state index in [9.17, 15) is 19.2 Å². The minimum Gasteiger partial charge on any atom is -0.454 e. The van der Waals surface area contributed by atoms with Gasteiger partial charge in [0.15, 0.2) is 18.2 Å². The van der Waals surface area contributed by atoms with E-state index in [2.05, 4.69) is 4.98 Å². The Bertz CT molecular complexity index is 1460. The van der Waals surface area contributed by atoms with Gasteiger partial charge in [-0.05, 0) is 19.1 Å². The molecule has 0 bridgehead atoms. The van der Waals surface area contributed by atoms with Crippen LogP contribution >= 0.6 is 0 Å². The monoisotopic (exact) mass is 423 g/mol. The number of aryl methyl sites for hydroxylation is 1. The molecule has 1 N–H and O–H groups in total. The van der Waals surface area contributed by atoms with Crippen LogP contribution in [-0.4, -0.2) is 34.9 Å². The summed E-state index contributed by atoms with van der Waals surface area (Å²) in [5, 5.41) is 0.750. The van der Waals surface area contributed by atoms with Gasteiger partial charge in [-0.3, -0.25) is 14.4 Å². The normalized spacial score (nSPS) is 12.4. The van der Waals surface area contributed by atoms with Gasteiger partial charge in [0.2, 0.25) is 5.78 Å². The fraction of sp³-hybridized carbons (Fsp3) is 0.0769. The van der Waals surface area contributed by atoms with E-state index in [0.29, 0.717) is 16.8 Å². The van der Waals surface area contributed by atoms with Crippen molar-refractivity contribution in [1.82, 2.24) is 4.98 Å². The highest BCUT2D eigenvalue weighted by Gasteiger charge is 2.33. The third kappa shape index (κ3) is 2.96. The number of nitrogens with one attached hydrogen (secondary N) is 1. The Kier molecular flexibility index (Phi) is 4.56. The number of fused-ring (bicyclic) bond motifs is 3. The van der Waals surface area contributed by atoms with Crippen LogP contribution in [0.1, 0.15) is 58.3 Å². The largest absolute Gasteiger partial charge is 0.454 e. The van der Waals surface area contributed by atoms with E-state index in [1.165, 1.54) is 18.2 Å². The fourth-order valence-corrected chi connectivity index (χ4v) is 4.23. The smallest absolute Gasteiger partial charge is 0.339 e. The second-order valence-corrected chi connectivity index (χ2v) is 7.60. The third-order valence-electron chi connectivity index (χ3n) is 5.68. The first-order valence-electron chi connectivity index (χ1n) is 10.1. The molecule has 6 heteroatoms. The number of esters is 1. The minimum absolute atomic E-state index is 0.0110. The highest BCUT2D eigenvalue weighted by Crippen LogP contribution is 2.30. The average molecular weight is 423 g/mol. The van der Waals surface area contributed by atoms with Crippen molar-refractivity contribution in [3.05, 3.63) is 106 Å². The van der Waals surface area contributed by atoms with Gasteiger partial charge in [0.1, 0.15) is 0 Å². The van der Waals surface area contributed by atoms with E-state index in [1.54, 1.807) is 31.2 Å². The van der Waals surface area contributed by atoms with Crippen LogP contribution in [0.25, 0.3) is 10.9 Å². The Labute approximate surface area is 182 Å². The number of Topliss-reactive ketones (excluding diaryl/α,β-unsaturated/α-hetero) is 1. The van der Waals surface area contributed by atoms with Gasteiger partial charge in [-0.1, -0.05) is 54.6 Å². The summed E-state index contributed by atoms with van der Waals surface area (Å²) in [5.41, 5.74) is 2.65. The van der Waals surface area contributed by atoms with E-state index >= 15 is 0 Å². The van der Waals surface area contributed by atoms with Crippen LogP contribution in [0.5, 0.6) is 0 Å². The van der Waals surface area contributed by atoms with Gasteiger partial charge in [-0.15, -0.1) is 0 Å². The number of rotatable bonds is 4. The van der Waals surface area contributed by atoms with Crippen molar-refractivity contribution in [2.45, 2.75) is 6.92 Å². The van der Waals surface area contributed by atoms with Crippen molar-refractivity contribution in [1.29, 1.82) is 0 Å². The van der Waals surface area contributed by atoms with Gasteiger partial charge in [0, 0.05) is 44.4 Å². The highest BCUT2D eigenvalue weighted by atomic mass is 16.5.